The number of nitro groups is 1. The maximum absolute atomic E-state index is 12.5. The number of hydrogen-bond acceptors (Lipinski definition) is 6. The first-order valence-corrected chi connectivity index (χ1v) is 8.51. The van der Waals surface area contributed by atoms with Crippen LogP contribution < -0.4 is 10.9 Å². The molecule has 2 amide bonds. The Morgan fingerprint density at radius 1 is 1.17 bits per heavy atom. The first-order valence-electron chi connectivity index (χ1n) is 8.51. The lowest BCUT2D eigenvalue weighted by Crippen LogP contribution is -2.28. The highest BCUT2D eigenvalue weighted by molar-refractivity contribution is 5.95. The standard InChI is InChI=1S/C19H17N5O5/c1-22(2)18(26)12-3-5-13(6-4-12)21-17(25)10-23-11-20-16-9-14(24(28)29)7-8-15(16)19(23)27/h3-9,11H,10H2,1-2H3,(H,21,25). The van der Waals surface area contributed by atoms with E-state index >= 15 is 0 Å². The van der Waals surface area contributed by atoms with Gasteiger partial charge in [0.2, 0.25) is 5.91 Å². The van der Waals surface area contributed by atoms with Crippen molar-refractivity contribution in [3.63, 3.8) is 0 Å². The molecule has 10 heteroatoms. The number of rotatable bonds is 5. The number of non-ortho nitro benzene ring substituents is 1. The molecule has 0 aliphatic heterocycles. The molecule has 1 heterocycles. The first-order chi connectivity index (χ1) is 13.8. The molecule has 3 rings (SSSR count). The summed E-state index contributed by atoms with van der Waals surface area (Å²) in [6, 6.07) is 10.1. The third-order valence-corrected chi connectivity index (χ3v) is 4.16. The summed E-state index contributed by atoms with van der Waals surface area (Å²) >= 11 is 0. The number of nitro benzene ring substituents is 1. The zero-order valence-electron chi connectivity index (χ0n) is 15.7. The molecule has 0 unspecified atom stereocenters. The van der Waals surface area contributed by atoms with Crippen LogP contribution in [0.1, 0.15) is 10.4 Å². The predicted octanol–water partition coefficient (Wildman–Crippen LogP) is 1.65. The lowest BCUT2D eigenvalue weighted by molar-refractivity contribution is -0.384. The number of carbonyl (C=O) groups excluding carboxylic acids is 2. The second-order valence-electron chi connectivity index (χ2n) is 6.46. The summed E-state index contributed by atoms with van der Waals surface area (Å²) in [5.41, 5.74) is 0.491. The summed E-state index contributed by atoms with van der Waals surface area (Å²) in [5.74, 6) is -0.612. The number of fused-ring (bicyclic) bond motifs is 1. The molecule has 0 saturated heterocycles. The Morgan fingerprint density at radius 2 is 1.86 bits per heavy atom. The van der Waals surface area contributed by atoms with E-state index in [1.54, 1.807) is 38.4 Å². The Balaban J connectivity index is 1.75. The zero-order valence-corrected chi connectivity index (χ0v) is 15.7. The normalized spacial score (nSPS) is 10.6. The summed E-state index contributed by atoms with van der Waals surface area (Å²) in [6.45, 7) is -0.281. The smallest absolute Gasteiger partial charge is 0.271 e. The number of aromatic nitrogens is 2. The van der Waals surface area contributed by atoms with Gasteiger partial charge in [-0.05, 0) is 30.3 Å². The van der Waals surface area contributed by atoms with Gasteiger partial charge in [-0.25, -0.2) is 4.98 Å². The molecule has 10 nitrogen and oxygen atoms in total. The van der Waals surface area contributed by atoms with Gasteiger partial charge in [-0.1, -0.05) is 0 Å². The van der Waals surface area contributed by atoms with Crippen LogP contribution in [0.25, 0.3) is 10.9 Å². The van der Waals surface area contributed by atoms with Gasteiger partial charge >= 0.3 is 0 Å². The van der Waals surface area contributed by atoms with Crippen molar-refractivity contribution in [3.8, 4) is 0 Å². The molecule has 0 atom stereocenters. The van der Waals surface area contributed by atoms with Crippen LogP contribution in [0.15, 0.2) is 53.6 Å². The number of benzene rings is 2. The summed E-state index contributed by atoms with van der Waals surface area (Å²) < 4.78 is 1.12. The molecule has 0 radical (unpaired) electrons. The maximum atomic E-state index is 12.5. The second kappa shape index (κ2) is 7.89. The number of anilines is 1. The first kappa shape index (κ1) is 19.7. The van der Waals surface area contributed by atoms with Crippen molar-refractivity contribution in [1.82, 2.24) is 14.5 Å². The van der Waals surface area contributed by atoms with Crippen molar-refractivity contribution in [1.29, 1.82) is 0 Å². The van der Waals surface area contributed by atoms with E-state index in [4.69, 9.17) is 0 Å². The zero-order chi connectivity index (χ0) is 21.1. The minimum atomic E-state index is -0.572. The lowest BCUT2D eigenvalue weighted by Gasteiger charge is -2.11. The van der Waals surface area contributed by atoms with Gasteiger partial charge in [0.05, 0.1) is 22.2 Å². The van der Waals surface area contributed by atoms with Crippen molar-refractivity contribution in [3.05, 3.63) is 74.8 Å². The quantitative estimate of drug-likeness (QED) is 0.517. The average Bonchev–Trinajstić information content (AvgIpc) is 2.69. The van der Waals surface area contributed by atoms with Crippen molar-refractivity contribution in [2.45, 2.75) is 6.54 Å². The van der Waals surface area contributed by atoms with Gasteiger partial charge in [-0.15, -0.1) is 0 Å². The second-order valence-corrected chi connectivity index (χ2v) is 6.46. The van der Waals surface area contributed by atoms with Crippen LogP contribution in [0.5, 0.6) is 0 Å². The predicted molar refractivity (Wildman–Crippen MR) is 106 cm³/mol. The van der Waals surface area contributed by atoms with E-state index in [1.165, 1.54) is 29.4 Å². The fourth-order valence-electron chi connectivity index (χ4n) is 2.68. The Morgan fingerprint density at radius 3 is 2.48 bits per heavy atom. The minimum Gasteiger partial charge on any atom is -0.345 e. The van der Waals surface area contributed by atoms with Crippen molar-refractivity contribution < 1.29 is 14.5 Å². The Bertz CT molecular complexity index is 1170. The van der Waals surface area contributed by atoms with Crippen LogP contribution >= 0.6 is 0 Å². The van der Waals surface area contributed by atoms with E-state index in [0.717, 1.165) is 4.57 Å². The van der Waals surface area contributed by atoms with Gasteiger partial charge < -0.3 is 10.2 Å². The molecule has 0 spiro atoms. The van der Waals surface area contributed by atoms with Crippen LogP contribution in [0.3, 0.4) is 0 Å². The highest BCUT2D eigenvalue weighted by Crippen LogP contribution is 2.16. The fraction of sp³-hybridized carbons (Fsp3) is 0.158. The number of hydrogen-bond donors (Lipinski definition) is 1. The summed E-state index contributed by atoms with van der Waals surface area (Å²) in [5, 5.41) is 13.7. The number of nitrogens with zero attached hydrogens (tertiary/aromatic N) is 4. The Hall–Kier alpha value is -4.08. The summed E-state index contributed by atoms with van der Waals surface area (Å²) in [7, 11) is 3.29. The molecule has 0 fully saturated rings. The highest BCUT2D eigenvalue weighted by atomic mass is 16.6. The fourth-order valence-corrected chi connectivity index (χ4v) is 2.68. The van der Waals surface area contributed by atoms with Crippen LogP contribution in [0.2, 0.25) is 0 Å². The third-order valence-electron chi connectivity index (χ3n) is 4.16. The monoisotopic (exact) mass is 395 g/mol. The van der Waals surface area contributed by atoms with Gasteiger partial charge in [-0.2, -0.15) is 0 Å². The topological polar surface area (TPSA) is 127 Å². The molecule has 0 bridgehead atoms. The molecular weight excluding hydrogens is 378 g/mol. The minimum absolute atomic E-state index is 0.156. The molecule has 29 heavy (non-hydrogen) atoms. The molecule has 1 N–H and O–H groups in total. The number of carbonyl (C=O) groups is 2. The molecule has 0 saturated carbocycles. The van der Waals surface area contributed by atoms with E-state index in [2.05, 4.69) is 10.3 Å². The van der Waals surface area contributed by atoms with Crippen molar-refractivity contribution in [2.75, 3.05) is 19.4 Å². The van der Waals surface area contributed by atoms with E-state index < -0.39 is 16.4 Å². The molecule has 148 valence electrons. The molecule has 1 aromatic heterocycles. The molecule has 2 aromatic carbocycles. The van der Waals surface area contributed by atoms with Gasteiger partial charge in [0.15, 0.2) is 0 Å². The van der Waals surface area contributed by atoms with Gasteiger partial charge in [0, 0.05) is 37.5 Å². The van der Waals surface area contributed by atoms with Crippen LogP contribution in [-0.4, -0.2) is 45.3 Å². The summed E-state index contributed by atoms with van der Waals surface area (Å²) in [4.78, 5) is 52.4. The van der Waals surface area contributed by atoms with Gasteiger partial charge in [-0.3, -0.25) is 29.1 Å². The van der Waals surface area contributed by atoms with Crippen molar-refractivity contribution >= 4 is 34.1 Å². The number of nitrogens with one attached hydrogen (secondary N) is 1. The van der Waals surface area contributed by atoms with Crippen LogP contribution in [-0.2, 0) is 11.3 Å². The average molecular weight is 395 g/mol. The largest absolute Gasteiger partial charge is 0.345 e. The Labute approximate surface area is 164 Å². The Kier molecular flexibility index (Phi) is 5.35. The molecule has 0 aliphatic carbocycles. The number of amides is 2. The molecule has 0 aliphatic rings. The van der Waals surface area contributed by atoms with Gasteiger partial charge in [0.25, 0.3) is 17.2 Å². The van der Waals surface area contributed by atoms with E-state index in [0.29, 0.717) is 11.3 Å². The lowest BCUT2D eigenvalue weighted by atomic mass is 10.2. The van der Waals surface area contributed by atoms with E-state index in [9.17, 15) is 24.5 Å². The summed E-state index contributed by atoms with van der Waals surface area (Å²) in [6.07, 6.45) is 1.17. The molecular formula is C19H17N5O5. The van der Waals surface area contributed by atoms with Gasteiger partial charge in [0.1, 0.15) is 6.54 Å². The molecule has 3 aromatic rings. The highest BCUT2D eigenvalue weighted by Gasteiger charge is 2.13. The maximum Gasteiger partial charge on any atom is 0.271 e. The SMILES string of the molecule is CN(C)C(=O)c1ccc(NC(=O)Cn2cnc3cc([N+](=O)[O-])ccc3c2=O)cc1. The van der Waals surface area contributed by atoms with Crippen molar-refractivity contribution in [2.24, 2.45) is 0 Å². The van der Waals surface area contributed by atoms with Crippen LogP contribution in [0, 0.1) is 10.1 Å². The van der Waals surface area contributed by atoms with Crippen LogP contribution in [0.4, 0.5) is 11.4 Å². The van der Waals surface area contributed by atoms with E-state index in [-0.39, 0.29) is 29.0 Å². The van der Waals surface area contributed by atoms with E-state index in [1.807, 2.05) is 0 Å². The third kappa shape index (κ3) is 4.26.